The van der Waals surface area contributed by atoms with Crippen LogP contribution in [0.15, 0.2) is 73.2 Å². The van der Waals surface area contributed by atoms with Gasteiger partial charge in [-0.1, -0.05) is 24.3 Å². The van der Waals surface area contributed by atoms with Crippen LogP contribution in [0, 0.1) is 19.8 Å². The maximum atomic E-state index is 13.9. The van der Waals surface area contributed by atoms with Crippen molar-refractivity contribution < 1.29 is 9.18 Å². The Hall–Kier alpha value is -5.38. The Morgan fingerprint density at radius 2 is 1.83 bits per heavy atom. The largest absolute Gasteiger partial charge is 0.359 e. The molecule has 5 heterocycles. The number of aromatic nitrogens is 6. The fraction of sp³-hybridized carbons (Fsp3) is 0.129. The quantitative estimate of drug-likeness (QED) is 0.255. The van der Waals surface area contributed by atoms with E-state index in [0.29, 0.717) is 29.4 Å². The summed E-state index contributed by atoms with van der Waals surface area (Å²) in [6.45, 7) is 4.31. The molecule has 1 aliphatic rings. The van der Waals surface area contributed by atoms with Crippen molar-refractivity contribution in [1.82, 2.24) is 29.7 Å². The van der Waals surface area contributed by atoms with Gasteiger partial charge in [-0.3, -0.25) is 9.48 Å². The zero-order valence-electron chi connectivity index (χ0n) is 22.6. The van der Waals surface area contributed by atoms with Crippen molar-refractivity contribution in [3.63, 3.8) is 0 Å². The summed E-state index contributed by atoms with van der Waals surface area (Å²) in [6, 6.07) is 16.5. The minimum Gasteiger partial charge on any atom is -0.359 e. The molecule has 9 nitrogen and oxygen atoms in total. The monoisotopic (exact) mass is 544 g/mol. The van der Waals surface area contributed by atoms with Crippen LogP contribution in [0.25, 0.3) is 33.3 Å². The van der Waals surface area contributed by atoms with E-state index in [0.717, 1.165) is 50.2 Å². The van der Waals surface area contributed by atoms with Crippen LogP contribution in [0.5, 0.6) is 0 Å². The number of amides is 1. The van der Waals surface area contributed by atoms with Gasteiger partial charge in [0.1, 0.15) is 0 Å². The number of nitrogens with one attached hydrogen (secondary N) is 2. The SMILES string of the molecule is Cc1cnc(Nc2cc(C)n(C)n2)nc1-c1c[nH]c2c(N3Cc4c(cccc4-c4ccnc(F)c4)C3=O)cccc12. The Balaban J connectivity index is 1.26. The second kappa shape index (κ2) is 9.37. The van der Waals surface area contributed by atoms with Gasteiger partial charge in [-0.25, -0.2) is 15.0 Å². The summed E-state index contributed by atoms with van der Waals surface area (Å²) in [5.41, 5.74) is 8.17. The molecule has 0 radical (unpaired) electrons. The van der Waals surface area contributed by atoms with Gasteiger partial charge < -0.3 is 15.2 Å². The fourth-order valence-corrected chi connectivity index (χ4v) is 5.44. The lowest BCUT2D eigenvalue weighted by atomic mass is 9.98. The predicted octanol–water partition coefficient (Wildman–Crippen LogP) is 6.08. The van der Waals surface area contributed by atoms with Crippen molar-refractivity contribution in [3.8, 4) is 22.4 Å². The number of aromatic amines is 1. The molecule has 0 saturated carbocycles. The molecule has 2 aromatic carbocycles. The molecule has 202 valence electrons. The molecule has 1 aliphatic heterocycles. The first-order valence-electron chi connectivity index (χ1n) is 13.1. The Morgan fingerprint density at radius 3 is 2.63 bits per heavy atom. The summed E-state index contributed by atoms with van der Waals surface area (Å²) in [5.74, 6) is 0.454. The number of carbonyl (C=O) groups is 1. The summed E-state index contributed by atoms with van der Waals surface area (Å²) in [7, 11) is 1.88. The van der Waals surface area contributed by atoms with Gasteiger partial charge in [0.15, 0.2) is 5.82 Å². The zero-order valence-corrected chi connectivity index (χ0v) is 22.6. The number of fused-ring (bicyclic) bond motifs is 2. The van der Waals surface area contributed by atoms with E-state index in [4.69, 9.17) is 4.98 Å². The number of H-pyrrole nitrogens is 1. The maximum absolute atomic E-state index is 13.9. The fourth-order valence-electron chi connectivity index (χ4n) is 5.44. The highest BCUT2D eigenvalue weighted by Crippen LogP contribution is 2.40. The highest BCUT2D eigenvalue weighted by molar-refractivity contribution is 6.15. The molecule has 10 heteroatoms. The van der Waals surface area contributed by atoms with Crippen LogP contribution in [0.1, 0.15) is 27.2 Å². The minimum absolute atomic E-state index is 0.101. The van der Waals surface area contributed by atoms with Gasteiger partial charge in [0.25, 0.3) is 5.91 Å². The number of benzene rings is 2. The number of aryl methyl sites for hydroxylation is 3. The molecular weight excluding hydrogens is 519 g/mol. The van der Waals surface area contributed by atoms with Gasteiger partial charge in [0.2, 0.25) is 11.9 Å². The van der Waals surface area contributed by atoms with Crippen LogP contribution < -0.4 is 10.2 Å². The van der Waals surface area contributed by atoms with E-state index in [-0.39, 0.29) is 5.91 Å². The highest BCUT2D eigenvalue weighted by atomic mass is 19.1. The Bertz CT molecular complexity index is 1970. The highest BCUT2D eigenvalue weighted by Gasteiger charge is 2.32. The molecule has 0 unspecified atom stereocenters. The molecule has 4 aromatic heterocycles. The van der Waals surface area contributed by atoms with Crippen LogP contribution >= 0.6 is 0 Å². The average Bonchev–Trinajstić information content (AvgIpc) is 3.64. The van der Waals surface area contributed by atoms with Gasteiger partial charge in [-0.2, -0.15) is 9.49 Å². The van der Waals surface area contributed by atoms with E-state index in [1.165, 1.54) is 12.3 Å². The lowest BCUT2D eigenvalue weighted by Crippen LogP contribution is -2.23. The first-order valence-corrected chi connectivity index (χ1v) is 13.1. The molecule has 1 amide bonds. The van der Waals surface area contributed by atoms with Gasteiger partial charge in [0, 0.05) is 60.0 Å². The standard InChI is InChI=1S/C31H25FN8O/c1-17-14-35-31(36-27-12-18(2)39(3)38-27)37-28(17)23-15-34-29-21(23)7-5-9-25(29)40-16-24-20(6-4-8-22(24)30(40)41)19-10-11-33-26(32)13-19/h4-15,34H,16H2,1-3H3,(H,35,36,37,38). The number of nitrogens with zero attached hydrogens (tertiary/aromatic N) is 6. The molecule has 0 saturated heterocycles. The van der Waals surface area contributed by atoms with Gasteiger partial charge in [-0.05, 0) is 54.3 Å². The third kappa shape index (κ3) is 4.11. The normalized spacial score (nSPS) is 12.8. The molecule has 0 bridgehead atoms. The molecule has 0 atom stereocenters. The van der Waals surface area contributed by atoms with Crippen LogP contribution in [0.3, 0.4) is 0 Å². The average molecular weight is 545 g/mol. The topological polar surface area (TPSA) is 105 Å². The minimum atomic E-state index is -0.557. The predicted molar refractivity (Wildman–Crippen MR) is 155 cm³/mol. The molecule has 2 N–H and O–H groups in total. The number of hydrogen-bond donors (Lipinski definition) is 2. The van der Waals surface area contributed by atoms with Crippen LogP contribution in [-0.4, -0.2) is 35.6 Å². The number of pyridine rings is 1. The van der Waals surface area contributed by atoms with E-state index < -0.39 is 5.95 Å². The number of para-hydroxylation sites is 1. The lowest BCUT2D eigenvalue weighted by Gasteiger charge is -2.17. The first kappa shape index (κ1) is 24.6. The number of hydrogen-bond acceptors (Lipinski definition) is 6. The summed E-state index contributed by atoms with van der Waals surface area (Å²) >= 11 is 0. The van der Waals surface area contributed by atoms with Crippen molar-refractivity contribution in [3.05, 3.63) is 102 Å². The van der Waals surface area contributed by atoms with Gasteiger partial charge in [-0.15, -0.1) is 0 Å². The molecule has 0 spiro atoms. The second-order valence-corrected chi connectivity index (χ2v) is 10.1. The van der Waals surface area contributed by atoms with Crippen LogP contribution in [0.4, 0.5) is 21.8 Å². The van der Waals surface area contributed by atoms with Crippen molar-refractivity contribution in [2.24, 2.45) is 7.05 Å². The number of anilines is 3. The molecular formula is C31H25FN8O. The third-order valence-electron chi connectivity index (χ3n) is 7.57. The van der Waals surface area contributed by atoms with E-state index in [1.807, 2.05) is 69.6 Å². The first-order chi connectivity index (χ1) is 19.9. The molecule has 7 rings (SSSR count). The smallest absolute Gasteiger partial charge is 0.259 e. The number of rotatable bonds is 5. The molecule has 0 aliphatic carbocycles. The van der Waals surface area contributed by atoms with Gasteiger partial charge >= 0.3 is 0 Å². The van der Waals surface area contributed by atoms with Crippen molar-refractivity contribution in [1.29, 1.82) is 0 Å². The molecule has 41 heavy (non-hydrogen) atoms. The summed E-state index contributed by atoms with van der Waals surface area (Å²) < 4.78 is 15.7. The summed E-state index contributed by atoms with van der Waals surface area (Å²) in [5, 5.41) is 8.57. The zero-order chi connectivity index (χ0) is 28.2. The van der Waals surface area contributed by atoms with Crippen LogP contribution in [0.2, 0.25) is 0 Å². The molecule has 6 aromatic rings. The number of halogens is 1. The Morgan fingerprint density at radius 1 is 1.00 bits per heavy atom. The van der Waals surface area contributed by atoms with E-state index in [9.17, 15) is 9.18 Å². The molecule has 0 fully saturated rings. The number of carbonyl (C=O) groups excluding carboxylic acids is 1. The Kier molecular flexibility index (Phi) is 5.63. The van der Waals surface area contributed by atoms with Crippen molar-refractivity contribution >= 4 is 34.3 Å². The third-order valence-corrected chi connectivity index (χ3v) is 7.57. The van der Waals surface area contributed by atoms with Crippen LogP contribution in [-0.2, 0) is 13.6 Å². The van der Waals surface area contributed by atoms with Crippen molar-refractivity contribution in [2.45, 2.75) is 20.4 Å². The van der Waals surface area contributed by atoms with E-state index >= 15 is 0 Å². The van der Waals surface area contributed by atoms with Crippen molar-refractivity contribution in [2.75, 3.05) is 10.2 Å². The Labute approximate surface area is 234 Å². The van der Waals surface area contributed by atoms with Gasteiger partial charge in [0.05, 0.1) is 23.4 Å². The van der Waals surface area contributed by atoms with E-state index in [2.05, 4.69) is 25.4 Å². The van der Waals surface area contributed by atoms with E-state index in [1.54, 1.807) is 21.8 Å². The lowest BCUT2D eigenvalue weighted by molar-refractivity contribution is 0.0997. The maximum Gasteiger partial charge on any atom is 0.259 e. The second-order valence-electron chi connectivity index (χ2n) is 10.1. The summed E-state index contributed by atoms with van der Waals surface area (Å²) in [4.78, 5) is 31.7. The summed E-state index contributed by atoms with van der Waals surface area (Å²) in [6.07, 6.45) is 5.14.